The maximum absolute atomic E-state index is 13.2. The zero-order valence-corrected chi connectivity index (χ0v) is 17.3. The number of aryl methyl sites for hydroxylation is 1. The lowest BCUT2D eigenvalue weighted by molar-refractivity contribution is -0.126. The van der Waals surface area contributed by atoms with Crippen molar-refractivity contribution in [2.45, 2.75) is 83.0 Å². The van der Waals surface area contributed by atoms with Crippen molar-refractivity contribution in [1.29, 1.82) is 0 Å². The lowest BCUT2D eigenvalue weighted by Crippen LogP contribution is -2.46. The summed E-state index contributed by atoms with van der Waals surface area (Å²) in [6.45, 7) is 3.72. The van der Waals surface area contributed by atoms with Gasteiger partial charge in [0.15, 0.2) is 0 Å². The first kappa shape index (κ1) is 20.0. The Balaban J connectivity index is 1.46. The molecule has 156 valence electrons. The third-order valence-electron chi connectivity index (χ3n) is 6.44. The number of likely N-dealkylation sites (tertiary alicyclic amines) is 1. The van der Waals surface area contributed by atoms with E-state index in [0.717, 1.165) is 38.8 Å². The molecular weight excluding hydrogens is 364 g/mol. The van der Waals surface area contributed by atoms with Gasteiger partial charge in [-0.25, -0.2) is 4.68 Å². The Labute approximate surface area is 172 Å². The zero-order chi connectivity index (χ0) is 20.1. The van der Waals surface area contributed by atoms with Crippen LogP contribution in [0.15, 0.2) is 30.6 Å². The predicted octanol–water partition coefficient (Wildman–Crippen LogP) is 2.89. The Kier molecular flexibility index (Phi) is 6.54. The van der Waals surface area contributed by atoms with Crippen molar-refractivity contribution in [2.75, 3.05) is 6.54 Å². The quantitative estimate of drug-likeness (QED) is 0.760. The first-order valence-corrected chi connectivity index (χ1v) is 11.1. The second-order valence-corrected chi connectivity index (χ2v) is 8.49. The molecule has 1 N–H and O–H groups in total. The fourth-order valence-corrected chi connectivity index (χ4v) is 4.69. The highest BCUT2D eigenvalue weighted by atomic mass is 16.2. The van der Waals surface area contributed by atoms with Gasteiger partial charge in [-0.1, -0.05) is 56.9 Å². The molecule has 2 heterocycles. The van der Waals surface area contributed by atoms with Crippen molar-refractivity contribution in [3.8, 4) is 0 Å². The van der Waals surface area contributed by atoms with Crippen LogP contribution in [-0.4, -0.2) is 49.6 Å². The molecule has 2 aromatic rings. The average molecular weight is 397 g/mol. The number of rotatable bonds is 6. The molecule has 2 aliphatic rings. The number of nitrogens with zero attached hydrogens (tertiary/aromatic N) is 5. The Morgan fingerprint density at radius 1 is 1.10 bits per heavy atom. The van der Waals surface area contributed by atoms with Gasteiger partial charge in [-0.15, -0.1) is 5.10 Å². The van der Waals surface area contributed by atoms with Crippen molar-refractivity contribution >= 4 is 5.91 Å². The van der Waals surface area contributed by atoms with Gasteiger partial charge in [0.05, 0.1) is 12.1 Å². The van der Waals surface area contributed by atoms with Crippen LogP contribution in [0, 0.1) is 0 Å². The van der Waals surface area contributed by atoms with Gasteiger partial charge >= 0.3 is 0 Å². The molecule has 4 rings (SSSR count). The van der Waals surface area contributed by atoms with Crippen molar-refractivity contribution in [3.63, 3.8) is 0 Å². The summed E-state index contributed by atoms with van der Waals surface area (Å²) in [5.41, 5.74) is 2.58. The minimum absolute atomic E-state index is 0.129. The van der Waals surface area contributed by atoms with Crippen molar-refractivity contribution in [2.24, 2.45) is 0 Å². The molecule has 0 unspecified atom stereocenters. The fraction of sp³-hybridized carbons (Fsp3) is 0.636. The van der Waals surface area contributed by atoms with Gasteiger partial charge in [0, 0.05) is 19.1 Å². The van der Waals surface area contributed by atoms with Crippen LogP contribution in [0.4, 0.5) is 0 Å². The van der Waals surface area contributed by atoms with Crippen molar-refractivity contribution < 1.29 is 4.79 Å². The largest absolute Gasteiger partial charge is 0.352 e. The van der Waals surface area contributed by atoms with Crippen LogP contribution in [0.2, 0.25) is 0 Å². The maximum Gasteiger partial charge on any atom is 0.237 e. The molecule has 1 aliphatic heterocycles. The van der Waals surface area contributed by atoms with E-state index in [9.17, 15) is 4.79 Å². The number of benzene rings is 1. The van der Waals surface area contributed by atoms with E-state index in [-0.39, 0.29) is 18.0 Å². The fourth-order valence-electron chi connectivity index (χ4n) is 4.69. The van der Waals surface area contributed by atoms with Crippen LogP contribution in [0.25, 0.3) is 0 Å². The second kappa shape index (κ2) is 9.48. The smallest absolute Gasteiger partial charge is 0.237 e. The standard InChI is InChI=1S/C22H32N6O/c1-2-17-9-11-18(12-10-17)14-27-15-20(28-16-23-25-26-28)13-21(27)22(29)24-19-7-5-3-4-6-8-19/h9-12,16,19-21H,2-8,13-15H2,1H3,(H,24,29)/t20-,21+/m1/s1. The minimum Gasteiger partial charge on any atom is -0.352 e. The molecule has 1 aromatic carbocycles. The number of carbonyl (C=O) groups excluding carboxylic acids is 1. The van der Waals surface area contributed by atoms with Crippen LogP contribution < -0.4 is 5.32 Å². The number of nitrogens with one attached hydrogen (secondary N) is 1. The number of aromatic nitrogens is 4. The average Bonchev–Trinajstić information content (AvgIpc) is 3.34. The van der Waals surface area contributed by atoms with Gasteiger partial charge in [-0.3, -0.25) is 9.69 Å². The van der Waals surface area contributed by atoms with Crippen LogP contribution in [-0.2, 0) is 17.8 Å². The summed E-state index contributed by atoms with van der Waals surface area (Å²) in [7, 11) is 0. The van der Waals surface area contributed by atoms with Gasteiger partial charge in [0.25, 0.3) is 0 Å². The van der Waals surface area contributed by atoms with Crippen LogP contribution in [0.5, 0.6) is 0 Å². The van der Waals surface area contributed by atoms with Crippen molar-refractivity contribution in [3.05, 3.63) is 41.7 Å². The number of carbonyl (C=O) groups is 1. The highest BCUT2D eigenvalue weighted by Gasteiger charge is 2.38. The normalized spacial score (nSPS) is 23.8. The SMILES string of the molecule is CCc1ccc(CN2C[C@H](n3cnnn3)C[C@H]2C(=O)NC2CCCCCC2)cc1. The lowest BCUT2D eigenvalue weighted by atomic mass is 10.1. The van der Waals surface area contributed by atoms with Gasteiger partial charge in [0.1, 0.15) is 6.33 Å². The Hall–Kier alpha value is -2.28. The highest BCUT2D eigenvalue weighted by Crippen LogP contribution is 2.29. The number of amides is 1. The molecule has 1 aromatic heterocycles. The number of hydrogen-bond acceptors (Lipinski definition) is 5. The summed E-state index contributed by atoms with van der Waals surface area (Å²) in [5.74, 6) is 0.164. The first-order valence-electron chi connectivity index (χ1n) is 11.1. The van der Waals surface area contributed by atoms with E-state index in [1.165, 1.54) is 36.8 Å². The van der Waals surface area contributed by atoms with E-state index in [2.05, 4.69) is 56.9 Å². The molecule has 2 fully saturated rings. The highest BCUT2D eigenvalue weighted by molar-refractivity contribution is 5.82. The van der Waals surface area contributed by atoms with E-state index >= 15 is 0 Å². The van der Waals surface area contributed by atoms with Crippen LogP contribution in [0.1, 0.15) is 69.0 Å². The molecule has 1 saturated carbocycles. The molecule has 7 heteroatoms. The monoisotopic (exact) mass is 396 g/mol. The second-order valence-electron chi connectivity index (χ2n) is 8.49. The topological polar surface area (TPSA) is 75.9 Å². The van der Waals surface area contributed by atoms with E-state index in [1.54, 1.807) is 11.0 Å². The third kappa shape index (κ3) is 5.01. The molecule has 0 radical (unpaired) electrons. The predicted molar refractivity (Wildman–Crippen MR) is 111 cm³/mol. The molecule has 0 bridgehead atoms. The van der Waals surface area contributed by atoms with E-state index in [4.69, 9.17) is 0 Å². The molecule has 0 spiro atoms. The molecule has 7 nitrogen and oxygen atoms in total. The summed E-state index contributed by atoms with van der Waals surface area (Å²) in [5, 5.41) is 15.0. The number of tetrazole rings is 1. The van der Waals surface area contributed by atoms with Crippen molar-refractivity contribution in [1.82, 2.24) is 30.4 Å². The maximum atomic E-state index is 13.2. The van der Waals surface area contributed by atoms with E-state index in [1.807, 2.05) is 0 Å². The lowest BCUT2D eigenvalue weighted by Gasteiger charge is -2.26. The summed E-state index contributed by atoms with van der Waals surface area (Å²) < 4.78 is 1.80. The summed E-state index contributed by atoms with van der Waals surface area (Å²) in [6.07, 6.45) is 10.7. The van der Waals surface area contributed by atoms with Gasteiger partial charge in [-0.05, 0) is 47.2 Å². The molecular formula is C22H32N6O. The molecule has 1 saturated heterocycles. The molecule has 29 heavy (non-hydrogen) atoms. The molecule has 2 atom stereocenters. The summed E-state index contributed by atoms with van der Waals surface area (Å²) in [6, 6.07) is 9.05. The Morgan fingerprint density at radius 3 is 2.48 bits per heavy atom. The van der Waals surface area contributed by atoms with Gasteiger partial charge in [0.2, 0.25) is 5.91 Å². The van der Waals surface area contributed by atoms with Crippen LogP contribution >= 0.6 is 0 Å². The summed E-state index contributed by atoms with van der Waals surface area (Å²) >= 11 is 0. The minimum atomic E-state index is -0.140. The van der Waals surface area contributed by atoms with E-state index < -0.39 is 0 Å². The van der Waals surface area contributed by atoms with E-state index in [0.29, 0.717) is 6.04 Å². The Morgan fingerprint density at radius 2 is 1.83 bits per heavy atom. The molecule has 1 aliphatic carbocycles. The van der Waals surface area contributed by atoms with Gasteiger partial charge < -0.3 is 5.32 Å². The molecule has 1 amide bonds. The number of hydrogen-bond donors (Lipinski definition) is 1. The van der Waals surface area contributed by atoms with Gasteiger partial charge in [-0.2, -0.15) is 0 Å². The van der Waals surface area contributed by atoms with Crippen LogP contribution in [0.3, 0.4) is 0 Å². The first-order chi connectivity index (χ1) is 14.2. The summed E-state index contributed by atoms with van der Waals surface area (Å²) in [4.78, 5) is 15.5. The zero-order valence-electron chi connectivity index (χ0n) is 17.3. The Bertz CT molecular complexity index is 767. The third-order valence-corrected chi connectivity index (χ3v) is 6.44.